The predicted molar refractivity (Wildman–Crippen MR) is 95.2 cm³/mol. The highest BCUT2D eigenvalue weighted by molar-refractivity contribution is 5.71. The van der Waals surface area contributed by atoms with Crippen LogP contribution >= 0.6 is 0 Å². The van der Waals surface area contributed by atoms with Crippen LogP contribution in [0.1, 0.15) is 6.92 Å². The van der Waals surface area contributed by atoms with Crippen LogP contribution in [0.5, 0.6) is 17.2 Å². The maximum Gasteiger partial charge on any atom is 0.308 e. The minimum Gasteiger partial charge on any atom is -0.492 e. The van der Waals surface area contributed by atoms with Crippen molar-refractivity contribution in [3.63, 3.8) is 0 Å². The first-order chi connectivity index (χ1) is 12.1. The molecule has 0 aromatic heterocycles. The van der Waals surface area contributed by atoms with E-state index < -0.39 is 5.97 Å². The van der Waals surface area contributed by atoms with Crippen molar-refractivity contribution >= 4 is 5.97 Å². The summed E-state index contributed by atoms with van der Waals surface area (Å²) in [7, 11) is 0. The van der Waals surface area contributed by atoms with Gasteiger partial charge in [0.25, 0.3) is 0 Å². The molecule has 132 valence electrons. The first kappa shape index (κ1) is 17.3. The second kappa shape index (κ2) is 8.03. The lowest BCUT2D eigenvalue weighted by Gasteiger charge is -2.15. The predicted octanol–water partition coefficient (Wildman–Crippen LogP) is 3.51. The highest BCUT2D eigenvalue weighted by Gasteiger charge is 2.34. The van der Waals surface area contributed by atoms with Gasteiger partial charge in [-0.15, -0.1) is 0 Å². The molecular formula is C20H23NO4. The molecule has 0 radical (unpaired) electrons. The molecule has 25 heavy (non-hydrogen) atoms. The van der Waals surface area contributed by atoms with Gasteiger partial charge in [0.05, 0.1) is 5.92 Å². The van der Waals surface area contributed by atoms with Gasteiger partial charge in [-0.2, -0.15) is 0 Å². The van der Waals surface area contributed by atoms with E-state index in [9.17, 15) is 4.79 Å². The molecule has 1 heterocycles. The van der Waals surface area contributed by atoms with Gasteiger partial charge in [0.15, 0.2) is 0 Å². The van der Waals surface area contributed by atoms with Crippen molar-refractivity contribution in [2.24, 2.45) is 11.8 Å². The summed E-state index contributed by atoms with van der Waals surface area (Å²) in [5, 5.41) is 9.17. The van der Waals surface area contributed by atoms with Crippen LogP contribution in [0.25, 0.3) is 0 Å². The third-order valence-corrected chi connectivity index (χ3v) is 4.48. The largest absolute Gasteiger partial charge is 0.492 e. The number of carbonyl (C=O) groups is 1. The Morgan fingerprint density at radius 1 is 1.04 bits per heavy atom. The van der Waals surface area contributed by atoms with Crippen LogP contribution in [0, 0.1) is 11.8 Å². The molecule has 0 saturated carbocycles. The lowest BCUT2D eigenvalue weighted by atomic mass is 9.99. The van der Waals surface area contributed by atoms with Crippen LogP contribution in [0.15, 0.2) is 54.6 Å². The van der Waals surface area contributed by atoms with E-state index >= 15 is 0 Å². The molecule has 0 aliphatic carbocycles. The number of nitrogens with zero attached hydrogens (tertiary/aromatic N) is 1. The van der Waals surface area contributed by atoms with Gasteiger partial charge >= 0.3 is 5.97 Å². The Labute approximate surface area is 147 Å². The van der Waals surface area contributed by atoms with Crippen LogP contribution in [0.4, 0.5) is 0 Å². The molecule has 0 amide bonds. The fraction of sp³-hybridized carbons (Fsp3) is 0.350. The highest BCUT2D eigenvalue weighted by atomic mass is 16.5. The second-order valence-electron chi connectivity index (χ2n) is 6.42. The van der Waals surface area contributed by atoms with Crippen LogP contribution in [0.2, 0.25) is 0 Å². The Bertz CT molecular complexity index is 687. The Hall–Kier alpha value is -2.53. The molecule has 1 fully saturated rings. The summed E-state index contributed by atoms with van der Waals surface area (Å²) in [5.74, 6) is 1.55. The smallest absolute Gasteiger partial charge is 0.308 e. The molecule has 3 rings (SSSR count). The number of rotatable bonds is 7. The van der Waals surface area contributed by atoms with Crippen LogP contribution in [-0.2, 0) is 4.79 Å². The summed E-state index contributed by atoms with van der Waals surface area (Å²) in [6, 6.07) is 17.1. The van der Waals surface area contributed by atoms with E-state index in [0.29, 0.717) is 13.2 Å². The number of likely N-dealkylation sites (tertiary alicyclic amines) is 1. The molecule has 2 aromatic rings. The zero-order chi connectivity index (χ0) is 17.6. The SMILES string of the molecule is C[C@@H]1CN(CCOc2ccc(Oc3ccccc3)cc2)C[C@H]1C(=O)O. The molecule has 0 spiro atoms. The number of ether oxygens (including phenoxy) is 2. The van der Waals surface area contributed by atoms with Crippen LogP contribution in [0.3, 0.4) is 0 Å². The summed E-state index contributed by atoms with van der Waals surface area (Å²) in [6.07, 6.45) is 0. The second-order valence-corrected chi connectivity index (χ2v) is 6.42. The van der Waals surface area contributed by atoms with Crippen LogP contribution in [-0.4, -0.2) is 42.2 Å². The average molecular weight is 341 g/mol. The Morgan fingerprint density at radius 3 is 2.32 bits per heavy atom. The molecule has 1 aliphatic rings. The molecule has 2 aromatic carbocycles. The topological polar surface area (TPSA) is 59.0 Å². The molecular weight excluding hydrogens is 318 g/mol. The average Bonchev–Trinajstić information content (AvgIpc) is 2.98. The summed E-state index contributed by atoms with van der Waals surface area (Å²) in [5.41, 5.74) is 0. The third-order valence-electron chi connectivity index (χ3n) is 4.48. The normalized spacial score (nSPS) is 20.4. The molecule has 0 bridgehead atoms. The van der Waals surface area contributed by atoms with Gasteiger partial charge in [0, 0.05) is 19.6 Å². The first-order valence-corrected chi connectivity index (χ1v) is 8.53. The first-order valence-electron chi connectivity index (χ1n) is 8.53. The number of benzene rings is 2. The number of carboxylic acids is 1. The van der Waals surface area contributed by atoms with E-state index in [1.165, 1.54) is 0 Å². The van der Waals surface area contributed by atoms with Crippen LogP contribution < -0.4 is 9.47 Å². The monoisotopic (exact) mass is 341 g/mol. The number of carboxylic acid groups (broad SMARTS) is 1. The Balaban J connectivity index is 1.44. The third kappa shape index (κ3) is 4.73. The zero-order valence-corrected chi connectivity index (χ0v) is 14.3. The lowest BCUT2D eigenvalue weighted by molar-refractivity contribution is -0.142. The fourth-order valence-electron chi connectivity index (χ4n) is 3.09. The molecule has 5 nitrogen and oxygen atoms in total. The molecule has 1 aliphatic heterocycles. The highest BCUT2D eigenvalue weighted by Crippen LogP contribution is 2.24. The minimum atomic E-state index is -0.704. The van der Waals surface area contributed by atoms with E-state index in [1.807, 2.05) is 61.5 Å². The number of hydrogen-bond acceptors (Lipinski definition) is 4. The van der Waals surface area contributed by atoms with Crippen molar-refractivity contribution in [3.05, 3.63) is 54.6 Å². The van der Waals surface area contributed by atoms with E-state index in [2.05, 4.69) is 4.90 Å². The quantitative estimate of drug-likeness (QED) is 0.835. The minimum absolute atomic E-state index is 0.187. The van der Waals surface area contributed by atoms with E-state index in [0.717, 1.165) is 30.3 Å². The summed E-state index contributed by atoms with van der Waals surface area (Å²) < 4.78 is 11.5. The van der Waals surface area contributed by atoms with Crippen molar-refractivity contribution in [1.29, 1.82) is 0 Å². The van der Waals surface area contributed by atoms with Crippen molar-refractivity contribution in [2.45, 2.75) is 6.92 Å². The molecule has 2 atom stereocenters. The van der Waals surface area contributed by atoms with Crippen molar-refractivity contribution < 1.29 is 19.4 Å². The van der Waals surface area contributed by atoms with Crippen molar-refractivity contribution in [3.8, 4) is 17.2 Å². The van der Waals surface area contributed by atoms with Gasteiger partial charge in [0.1, 0.15) is 23.9 Å². The van der Waals surface area contributed by atoms with Gasteiger partial charge in [-0.25, -0.2) is 0 Å². The summed E-state index contributed by atoms with van der Waals surface area (Å²) >= 11 is 0. The van der Waals surface area contributed by atoms with E-state index in [1.54, 1.807) is 0 Å². The molecule has 0 unspecified atom stereocenters. The molecule has 1 N–H and O–H groups in total. The summed E-state index contributed by atoms with van der Waals surface area (Å²) in [6.45, 7) is 4.67. The van der Waals surface area contributed by atoms with E-state index in [-0.39, 0.29) is 11.8 Å². The van der Waals surface area contributed by atoms with E-state index in [4.69, 9.17) is 14.6 Å². The van der Waals surface area contributed by atoms with Crippen molar-refractivity contribution in [2.75, 3.05) is 26.2 Å². The fourth-order valence-corrected chi connectivity index (χ4v) is 3.09. The summed E-state index contributed by atoms with van der Waals surface area (Å²) in [4.78, 5) is 13.3. The number of hydrogen-bond donors (Lipinski definition) is 1. The molecule has 5 heteroatoms. The maximum atomic E-state index is 11.1. The number of para-hydroxylation sites is 1. The zero-order valence-electron chi connectivity index (χ0n) is 14.3. The van der Waals surface area contributed by atoms with Gasteiger partial charge < -0.3 is 14.6 Å². The van der Waals surface area contributed by atoms with Gasteiger partial charge in [-0.1, -0.05) is 25.1 Å². The lowest BCUT2D eigenvalue weighted by Crippen LogP contribution is -2.27. The molecule has 1 saturated heterocycles. The maximum absolute atomic E-state index is 11.1. The Morgan fingerprint density at radius 2 is 1.68 bits per heavy atom. The van der Waals surface area contributed by atoms with Gasteiger partial charge in [0.2, 0.25) is 0 Å². The number of aliphatic carboxylic acids is 1. The van der Waals surface area contributed by atoms with Gasteiger partial charge in [-0.3, -0.25) is 9.69 Å². The van der Waals surface area contributed by atoms with Gasteiger partial charge in [-0.05, 0) is 42.3 Å². The standard InChI is InChI=1S/C20H23NO4/c1-15-13-21(14-19(15)20(22)23)11-12-24-16-7-9-18(10-8-16)25-17-5-3-2-4-6-17/h2-10,15,19H,11-14H2,1H3,(H,22,23)/t15-,19-/m1/s1. The van der Waals surface area contributed by atoms with Crippen molar-refractivity contribution in [1.82, 2.24) is 4.90 Å². The Kier molecular flexibility index (Phi) is 5.56.